The lowest BCUT2D eigenvalue weighted by molar-refractivity contribution is -0.145. The highest BCUT2D eigenvalue weighted by molar-refractivity contribution is 7.20. The van der Waals surface area contributed by atoms with Crippen molar-refractivity contribution in [2.45, 2.75) is 32.7 Å². The van der Waals surface area contributed by atoms with Crippen LogP contribution in [-0.4, -0.2) is 60.8 Å². The molecule has 1 fully saturated rings. The molecule has 2 amide bonds. The minimum absolute atomic E-state index is 0. The lowest BCUT2D eigenvalue weighted by Crippen LogP contribution is -2.49. The molecule has 1 saturated heterocycles. The summed E-state index contributed by atoms with van der Waals surface area (Å²) in [6.45, 7) is -0.540. The third-order valence-corrected chi connectivity index (χ3v) is 8.12. The van der Waals surface area contributed by atoms with E-state index in [-0.39, 0.29) is 21.4 Å². The Morgan fingerprint density at radius 1 is 1.02 bits per heavy atom. The molecule has 1 N–H and O–H groups in total. The Hall–Kier alpha value is -4.19. The van der Waals surface area contributed by atoms with Gasteiger partial charge >= 0.3 is 5.97 Å². The Balaban J connectivity index is 0.00000253. The number of piperidine rings is 1. The first-order valence-electron chi connectivity index (χ1n) is 12.9. The molecule has 3 heterocycles. The summed E-state index contributed by atoms with van der Waals surface area (Å²) in [4.78, 5) is 53.6. The van der Waals surface area contributed by atoms with Crippen LogP contribution in [0.25, 0.3) is 16.2 Å². The second-order valence-electron chi connectivity index (χ2n) is 9.72. The van der Waals surface area contributed by atoms with Gasteiger partial charge in [0.2, 0.25) is 11.7 Å². The van der Waals surface area contributed by atoms with Gasteiger partial charge in [-0.25, -0.2) is 8.78 Å². The number of amides is 2. The first kappa shape index (κ1) is 30.8. The van der Waals surface area contributed by atoms with E-state index in [1.54, 1.807) is 4.90 Å². The van der Waals surface area contributed by atoms with Crippen LogP contribution in [0.1, 0.15) is 43.4 Å². The van der Waals surface area contributed by atoms with Crippen LogP contribution in [0, 0.1) is 23.4 Å². The van der Waals surface area contributed by atoms with Gasteiger partial charge in [-0.3, -0.25) is 19.2 Å². The largest absolute Gasteiger partial charge is 0.482 e. The maximum Gasteiger partial charge on any atom is 0.308 e. The van der Waals surface area contributed by atoms with E-state index < -0.39 is 71.4 Å². The molecule has 1 atom stereocenters. The molecule has 1 aromatic heterocycles. The van der Waals surface area contributed by atoms with Crippen molar-refractivity contribution in [3.63, 3.8) is 0 Å². The summed E-state index contributed by atoms with van der Waals surface area (Å²) < 4.78 is 53.7. The molecule has 0 radical (unpaired) electrons. The van der Waals surface area contributed by atoms with Crippen LogP contribution in [0.5, 0.6) is 5.75 Å². The summed E-state index contributed by atoms with van der Waals surface area (Å²) in [6.07, 6.45) is 2.44. The van der Waals surface area contributed by atoms with Crippen molar-refractivity contribution in [1.82, 2.24) is 10.2 Å². The smallest absolute Gasteiger partial charge is 0.308 e. The molecule has 224 valence electrons. The molecule has 3 aromatic rings. The number of carbonyl (C=O) groups excluding carboxylic acids is 4. The van der Waals surface area contributed by atoms with Gasteiger partial charge in [0, 0.05) is 31.2 Å². The number of hydrogen-bond donors (Lipinski definition) is 1. The summed E-state index contributed by atoms with van der Waals surface area (Å²) in [5.74, 6) is -7.68. The van der Waals surface area contributed by atoms with Crippen LogP contribution in [0.2, 0.25) is 0 Å². The average molecular weight is 605 g/mol. The Morgan fingerprint density at radius 3 is 2.50 bits per heavy atom. The van der Waals surface area contributed by atoms with Gasteiger partial charge in [-0.1, -0.05) is 25.6 Å². The van der Waals surface area contributed by atoms with Gasteiger partial charge in [-0.15, -0.1) is 11.3 Å². The molecule has 2 aliphatic heterocycles. The quantitative estimate of drug-likeness (QED) is 0.328. The zero-order chi connectivity index (χ0) is 29.1. The molecular formula is C30H31F3N2O6S. The number of ketones is 1. The number of likely N-dealkylation sites (tertiary alicyclic amines) is 1. The van der Waals surface area contributed by atoms with Crippen molar-refractivity contribution < 1.29 is 43.2 Å². The summed E-state index contributed by atoms with van der Waals surface area (Å²) in [6, 6.07) is 8.50. The van der Waals surface area contributed by atoms with E-state index in [1.807, 2.05) is 30.3 Å². The number of Topliss-reactive ketones (excluding diaryl/α,β-unsaturated/α-hetero) is 1. The monoisotopic (exact) mass is 604 g/mol. The fourth-order valence-electron chi connectivity index (χ4n) is 4.78. The highest BCUT2D eigenvalue weighted by Gasteiger charge is 2.32. The van der Waals surface area contributed by atoms with Gasteiger partial charge in [0.25, 0.3) is 5.91 Å². The van der Waals surface area contributed by atoms with Gasteiger partial charge in [0.15, 0.2) is 17.3 Å². The molecule has 0 unspecified atom stereocenters. The minimum atomic E-state index is -1.50. The van der Waals surface area contributed by atoms with Crippen molar-refractivity contribution in [3.8, 4) is 5.75 Å². The predicted molar refractivity (Wildman–Crippen MR) is 153 cm³/mol. The summed E-state index contributed by atoms with van der Waals surface area (Å²) in [7, 11) is 0. The lowest BCUT2D eigenvalue weighted by atomic mass is 9.95. The number of ether oxygens (including phenoxy) is 2. The van der Waals surface area contributed by atoms with Gasteiger partial charge < -0.3 is 19.7 Å². The molecule has 42 heavy (non-hydrogen) atoms. The maximum absolute atomic E-state index is 14.4. The van der Waals surface area contributed by atoms with Crippen molar-refractivity contribution in [1.29, 1.82) is 0 Å². The fraction of sp³-hybridized carbons (Fsp3) is 0.333. The number of nitrogens with zero attached hydrogens (tertiary/aromatic N) is 1. The SMILES string of the molecule is C.O=C1C[C@H](NC(=O)C2CCN(C(=O)c3cc4ccccc4s3)CC2)C(=O)COc2c(F)c(F)cc(F)c2/C=C/CO1.[HH]. The van der Waals surface area contributed by atoms with Gasteiger partial charge in [0.05, 0.1) is 16.9 Å². The van der Waals surface area contributed by atoms with E-state index in [9.17, 15) is 32.3 Å². The van der Waals surface area contributed by atoms with E-state index in [0.29, 0.717) is 36.9 Å². The topological polar surface area (TPSA) is 102 Å². The molecule has 8 nitrogen and oxygen atoms in total. The predicted octanol–water partition coefficient (Wildman–Crippen LogP) is 5.15. The van der Waals surface area contributed by atoms with Crippen molar-refractivity contribution in [3.05, 3.63) is 70.4 Å². The molecule has 0 spiro atoms. The molecule has 2 aliphatic rings. The molecule has 5 rings (SSSR count). The van der Waals surface area contributed by atoms with Crippen LogP contribution in [0.4, 0.5) is 13.2 Å². The van der Waals surface area contributed by atoms with Crippen LogP contribution in [0.3, 0.4) is 0 Å². The van der Waals surface area contributed by atoms with Crippen LogP contribution >= 0.6 is 11.3 Å². The van der Waals surface area contributed by atoms with E-state index in [0.717, 1.165) is 16.2 Å². The number of carbonyl (C=O) groups is 4. The number of fused-ring (bicyclic) bond motifs is 2. The highest BCUT2D eigenvalue weighted by atomic mass is 32.1. The average Bonchev–Trinajstić information content (AvgIpc) is 3.40. The molecule has 0 bridgehead atoms. The highest BCUT2D eigenvalue weighted by Crippen LogP contribution is 2.30. The number of rotatable bonds is 3. The summed E-state index contributed by atoms with van der Waals surface area (Å²) in [5, 5.41) is 3.53. The van der Waals surface area contributed by atoms with E-state index >= 15 is 0 Å². The number of esters is 1. The maximum atomic E-state index is 14.4. The Bertz CT molecular complexity index is 1520. The van der Waals surface area contributed by atoms with Gasteiger partial charge in [-0.2, -0.15) is 4.39 Å². The number of thiophene rings is 1. The summed E-state index contributed by atoms with van der Waals surface area (Å²) >= 11 is 1.40. The van der Waals surface area contributed by atoms with Gasteiger partial charge in [-0.05, 0) is 42.5 Å². The molecule has 12 heteroatoms. The van der Waals surface area contributed by atoms with Crippen LogP contribution in [-0.2, 0) is 19.1 Å². The number of halogens is 3. The fourth-order valence-corrected chi connectivity index (χ4v) is 5.81. The van der Waals surface area contributed by atoms with Crippen LogP contribution in [0.15, 0.2) is 42.5 Å². The second-order valence-corrected chi connectivity index (χ2v) is 10.8. The zero-order valence-electron chi connectivity index (χ0n) is 21.7. The lowest BCUT2D eigenvalue weighted by Gasteiger charge is -2.31. The third-order valence-electron chi connectivity index (χ3n) is 7.01. The number of hydrogen-bond acceptors (Lipinski definition) is 7. The van der Waals surface area contributed by atoms with E-state index in [2.05, 4.69) is 5.32 Å². The standard InChI is InChI=1S/C29H25F3N2O6S.CH4.H2/c30-19-13-20(31)26(32)27-18(19)5-3-11-39-25(36)14-21(22(35)15-40-27)33-28(37)16-7-9-34(10-8-16)29(38)24-12-17-4-1-2-6-23(17)41-24;;/h1-6,12-13,16,21H,7-11,14-15H2,(H,33,37);1H4;1H/b5-3+;;/t21-;;/m0../s1. The second kappa shape index (κ2) is 13.2. The van der Waals surface area contributed by atoms with E-state index in [4.69, 9.17) is 9.47 Å². The Labute approximate surface area is 245 Å². The third kappa shape index (κ3) is 6.64. The van der Waals surface area contributed by atoms with Crippen molar-refractivity contribution in [2.75, 3.05) is 26.3 Å². The van der Waals surface area contributed by atoms with Gasteiger partial charge in [0.1, 0.15) is 25.1 Å². The Morgan fingerprint density at radius 2 is 1.76 bits per heavy atom. The first-order chi connectivity index (χ1) is 19.7. The van der Waals surface area contributed by atoms with Crippen molar-refractivity contribution in [2.24, 2.45) is 5.92 Å². The molecular weight excluding hydrogens is 573 g/mol. The van der Waals surface area contributed by atoms with Crippen molar-refractivity contribution >= 4 is 51.1 Å². The number of cyclic esters (lactones) is 1. The minimum Gasteiger partial charge on any atom is -0.482 e. The zero-order valence-corrected chi connectivity index (χ0v) is 22.5. The molecule has 0 aliphatic carbocycles. The number of benzene rings is 2. The normalized spacial score (nSPS) is 18.9. The van der Waals surface area contributed by atoms with E-state index in [1.165, 1.54) is 17.4 Å². The number of nitrogens with one attached hydrogen (secondary N) is 1. The molecule has 2 aromatic carbocycles. The Kier molecular flexibility index (Phi) is 9.66. The van der Waals surface area contributed by atoms with Crippen LogP contribution < -0.4 is 10.1 Å². The molecule has 0 saturated carbocycles. The first-order valence-corrected chi connectivity index (χ1v) is 13.8. The summed E-state index contributed by atoms with van der Waals surface area (Å²) in [5.41, 5.74) is -0.453.